The van der Waals surface area contributed by atoms with E-state index in [-0.39, 0.29) is 12.5 Å². The van der Waals surface area contributed by atoms with Gasteiger partial charge in [-0.1, -0.05) is 73.7 Å². The van der Waals surface area contributed by atoms with Crippen molar-refractivity contribution >= 4 is 17.6 Å². The molecule has 6 nitrogen and oxygen atoms in total. The first kappa shape index (κ1) is 23.5. The number of hydrogen-bond donors (Lipinski definition) is 2. The van der Waals surface area contributed by atoms with Crippen LogP contribution in [0.15, 0.2) is 78.9 Å². The summed E-state index contributed by atoms with van der Waals surface area (Å²) in [6, 6.07) is 24.4. The van der Waals surface area contributed by atoms with E-state index in [2.05, 4.69) is 36.5 Å². The van der Waals surface area contributed by atoms with Crippen molar-refractivity contribution in [1.29, 1.82) is 0 Å². The number of carbonyl (C=O) groups excluding carboxylic acids is 1. The van der Waals surface area contributed by atoms with E-state index in [0.29, 0.717) is 25.3 Å². The molecular weight excluding hydrogens is 428 g/mol. The first-order chi connectivity index (χ1) is 16.6. The van der Waals surface area contributed by atoms with Crippen molar-refractivity contribution in [3.63, 3.8) is 0 Å². The van der Waals surface area contributed by atoms with E-state index in [1.165, 1.54) is 5.56 Å². The van der Waals surface area contributed by atoms with Gasteiger partial charge < -0.3 is 20.1 Å². The second kappa shape index (κ2) is 11.0. The Kier molecular flexibility index (Phi) is 7.60. The maximum Gasteiger partial charge on any atom is 0.311 e. The van der Waals surface area contributed by atoms with Gasteiger partial charge in [-0.15, -0.1) is 0 Å². The summed E-state index contributed by atoms with van der Waals surface area (Å²) in [5, 5.41) is 13.0. The van der Waals surface area contributed by atoms with Crippen LogP contribution in [0.25, 0.3) is 0 Å². The van der Waals surface area contributed by atoms with Gasteiger partial charge in [0.1, 0.15) is 18.4 Å². The van der Waals surface area contributed by atoms with Crippen LogP contribution in [0.2, 0.25) is 0 Å². The van der Waals surface area contributed by atoms with E-state index in [4.69, 9.17) is 4.74 Å². The third-order valence-electron chi connectivity index (χ3n) is 6.22. The van der Waals surface area contributed by atoms with E-state index in [1.54, 1.807) is 4.90 Å². The second-order valence-electron chi connectivity index (χ2n) is 8.47. The number of aryl methyl sites for hydroxylation is 1. The zero-order valence-electron chi connectivity index (χ0n) is 19.3. The Hall–Kier alpha value is -3.64. The number of rotatable bonds is 9. The Morgan fingerprint density at radius 3 is 2.41 bits per heavy atom. The summed E-state index contributed by atoms with van der Waals surface area (Å²) in [6.45, 7) is 3.11. The Labute approximate surface area is 200 Å². The SMILES string of the molecule is CCc1ccc(CN2C(=O)[C@@H](NCC[C@H](C(=O)O)c3ccccc3)COc3ccccc32)cc1. The number of hydrogen-bond acceptors (Lipinski definition) is 4. The highest BCUT2D eigenvalue weighted by Gasteiger charge is 2.31. The fourth-order valence-corrected chi connectivity index (χ4v) is 4.25. The Bertz CT molecular complexity index is 1110. The highest BCUT2D eigenvalue weighted by molar-refractivity contribution is 5.99. The molecule has 1 amide bonds. The first-order valence-corrected chi connectivity index (χ1v) is 11.7. The zero-order chi connectivity index (χ0) is 23.9. The minimum Gasteiger partial charge on any atom is -0.489 e. The summed E-state index contributed by atoms with van der Waals surface area (Å²) in [6.07, 6.45) is 1.33. The molecule has 0 aromatic heterocycles. The highest BCUT2D eigenvalue weighted by Crippen LogP contribution is 2.32. The number of aliphatic carboxylic acids is 1. The molecule has 0 saturated carbocycles. The lowest BCUT2D eigenvalue weighted by atomic mass is 9.96. The number of fused-ring (bicyclic) bond motifs is 1. The first-order valence-electron chi connectivity index (χ1n) is 11.7. The van der Waals surface area contributed by atoms with Gasteiger partial charge in [0.2, 0.25) is 5.91 Å². The molecule has 0 bridgehead atoms. The predicted octanol–water partition coefficient (Wildman–Crippen LogP) is 4.39. The van der Waals surface area contributed by atoms with Gasteiger partial charge in [-0.05, 0) is 48.2 Å². The Morgan fingerprint density at radius 2 is 1.71 bits per heavy atom. The zero-order valence-corrected chi connectivity index (χ0v) is 19.3. The predicted molar refractivity (Wildman–Crippen MR) is 132 cm³/mol. The number of nitrogens with one attached hydrogen (secondary N) is 1. The fraction of sp³-hybridized carbons (Fsp3) is 0.286. The molecule has 176 valence electrons. The van der Waals surface area contributed by atoms with Crippen LogP contribution in [-0.2, 0) is 22.6 Å². The Balaban J connectivity index is 1.49. The van der Waals surface area contributed by atoms with Gasteiger partial charge in [0.25, 0.3) is 0 Å². The molecule has 0 spiro atoms. The summed E-state index contributed by atoms with van der Waals surface area (Å²) in [5.41, 5.74) is 3.78. The van der Waals surface area contributed by atoms with E-state index in [9.17, 15) is 14.7 Å². The number of carboxylic acid groups (broad SMARTS) is 1. The molecule has 1 heterocycles. The van der Waals surface area contributed by atoms with E-state index in [1.807, 2.05) is 54.6 Å². The summed E-state index contributed by atoms with van der Waals surface area (Å²) in [7, 11) is 0. The summed E-state index contributed by atoms with van der Waals surface area (Å²) in [5.74, 6) is -0.934. The van der Waals surface area contributed by atoms with Crippen molar-refractivity contribution in [2.24, 2.45) is 0 Å². The molecule has 3 aromatic carbocycles. The van der Waals surface area contributed by atoms with Crippen LogP contribution in [-0.4, -0.2) is 36.2 Å². The van der Waals surface area contributed by atoms with Crippen molar-refractivity contribution in [3.8, 4) is 5.75 Å². The molecule has 4 rings (SSSR count). The lowest BCUT2D eigenvalue weighted by molar-refractivity contribution is -0.138. The van der Waals surface area contributed by atoms with Gasteiger partial charge in [0, 0.05) is 0 Å². The van der Waals surface area contributed by atoms with Gasteiger partial charge in [-0.25, -0.2) is 0 Å². The molecule has 6 heteroatoms. The summed E-state index contributed by atoms with van der Waals surface area (Å²) < 4.78 is 5.98. The van der Waals surface area contributed by atoms with Crippen LogP contribution in [0.3, 0.4) is 0 Å². The van der Waals surface area contributed by atoms with Crippen molar-refractivity contribution in [3.05, 3.63) is 95.6 Å². The number of benzene rings is 3. The monoisotopic (exact) mass is 458 g/mol. The number of anilines is 1. The van der Waals surface area contributed by atoms with Gasteiger partial charge in [-0.3, -0.25) is 9.59 Å². The topological polar surface area (TPSA) is 78.9 Å². The quantitative estimate of drug-likeness (QED) is 0.497. The van der Waals surface area contributed by atoms with E-state index >= 15 is 0 Å². The minimum atomic E-state index is -0.874. The molecule has 0 fully saturated rings. The van der Waals surface area contributed by atoms with Gasteiger partial charge in [0.15, 0.2) is 0 Å². The van der Waals surface area contributed by atoms with Crippen molar-refractivity contribution < 1.29 is 19.4 Å². The third kappa shape index (κ3) is 5.46. The van der Waals surface area contributed by atoms with Gasteiger partial charge in [-0.2, -0.15) is 0 Å². The maximum atomic E-state index is 13.6. The van der Waals surface area contributed by atoms with E-state index in [0.717, 1.165) is 23.2 Å². The number of carbonyl (C=O) groups is 2. The molecule has 0 aliphatic carbocycles. The van der Waals surface area contributed by atoms with Crippen LogP contribution in [0.1, 0.15) is 36.0 Å². The number of amides is 1. The molecule has 0 radical (unpaired) electrons. The van der Waals surface area contributed by atoms with Crippen LogP contribution >= 0.6 is 0 Å². The molecule has 34 heavy (non-hydrogen) atoms. The van der Waals surface area contributed by atoms with Crippen molar-refractivity contribution in [2.45, 2.75) is 38.3 Å². The average molecular weight is 459 g/mol. The molecule has 3 aromatic rings. The second-order valence-corrected chi connectivity index (χ2v) is 8.47. The summed E-state index contributed by atoms with van der Waals surface area (Å²) >= 11 is 0. The van der Waals surface area contributed by atoms with Crippen LogP contribution < -0.4 is 15.0 Å². The largest absolute Gasteiger partial charge is 0.489 e. The fourth-order valence-electron chi connectivity index (χ4n) is 4.25. The molecule has 1 aliphatic rings. The summed E-state index contributed by atoms with van der Waals surface area (Å²) in [4.78, 5) is 27.2. The average Bonchev–Trinajstić information content (AvgIpc) is 2.99. The van der Waals surface area contributed by atoms with Crippen LogP contribution in [0.4, 0.5) is 5.69 Å². The van der Waals surface area contributed by atoms with Gasteiger partial charge in [0.05, 0.1) is 18.2 Å². The minimum absolute atomic E-state index is 0.0869. The van der Waals surface area contributed by atoms with Crippen molar-refractivity contribution in [2.75, 3.05) is 18.1 Å². The molecular formula is C28H30N2O4. The third-order valence-corrected chi connectivity index (χ3v) is 6.22. The number of carboxylic acids is 1. The smallest absolute Gasteiger partial charge is 0.311 e. The molecule has 2 N–H and O–H groups in total. The lowest BCUT2D eigenvalue weighted by Gasteiger charge is -2.25. The van der Waals surface area contributed by atoms with Gasteiger partial charge >= 0.3 is 5.97 Å². The normalized spacial score (nSPS) is 16.3. The Morgan fingerprint density at radius 1 is 1.03 bits per heavy atom. The van der Waals surface area contributed by atoms with Crippen molar-refractivity contribution in [1.82, 2.24) is 5.32 Å². The van der Waals surface area contributed by atoms with Crippen LogP contribution in [0.5, 0.6) is 5.75 Å². The molecule has 2 atom stereocenters. The number of nitrogens with zero attached hydrogens (tertiary/aromatic N) is 1. The van der Waals surface area contributed by atoms with Crippen LogP contribution in [0, 0.1) is 0 Å². The molecule has 0 unspecified atom stereocenters. The lowest BCUT2D eigenvalue weighted by Crippen LogP contribution is -2.48. The highest BCUT2D eigenvalue weighted by atomic mass is 16.5. The molecule has 1 aliphatic heterocycles. The molecule has 0 saturated heterocycles. The standard InChI is InChI=1S/C28H30N2O4/c1-2-20-12-14-21(15-13-20)18-30-25-10-6-7-11-26(25)34-19-24(27(30)31)29-17-16-23(28(32)33)22-8-4-3-5-9-22/h3-15,23-24,29H,2,16-19H2,1H3,(H,32,33)/t23-,24-/m0/s1. The van der Waals surface area contributed by atoms with E-state index < -0.39 is 17.9 Å². The number of ether oxygens (including phenoxy) is 1. The maximum absolute atomic E-state index is 13.6. The number of para-hydroxylation sites is 2.